The van der Waals surface area contributed by atoms with Gasteiger partial charge in [-0.2, -0.15) is 0 Å². The zero-order chi connectivity index (χ0) is 23.4. The van der Waals surface area contributed by atoms with Gasteiger partial charge in [-0.3, -0.25) is 14.5 Å². The lowest BCUT2D eigenvalue weighted by molar-refractivity contribution is -0.137. The fourth-order valence-corrected chi connectivity index (χ4v) is 3.52. The summed E-state index contributed by atoms with van der Waals surface area (Å²) in [5.74, 6) is 1.42. The maximum absolute atomic E-state index is 13.3. The Kier molecular flexibility index (Phi) is 6.92. The molecule has 1 heterocycles. The maximum atomic E-state index is 13.3. The van der Waals surface area contributed by atoms with Crippen molar-refractivity contribution in [3.05, 3.63) is 47.7 Å². The van der Waals surface area contributed by atoms with E-state index in [9.17, 15) is 9.59 Å². The second-order valence-corrected chi connectivity index (χ2v) is 7.63. The van der Waals surface area contributed by atoms with E-state index in [4.69, 9.17) is 18.9 Å². The minimum Gasteiger partial charge on any atom is -0.497 e. The fraction of sp³-hybridized carbons (Fsp3) is 0.333. The number of ether oxygens (including phenoxy) is 4. The van der Waals surface area contributed by atoms with Crippen LogP contribution in [0.4, 0.5) is 5.69 Å². The first kappa shape index (κ1) is 23.0. The predicted octanol–water partition coefficient (Wildman–Crippen LogP) is 3.57. The van der Waals surface area contributed by atoms with Crippen LogP contribution in [0.1, 0.15) is 19.4 Å². The lowest BCUT2D eigenvalue weighted by Gasteiger charge is -2.18. The number of imide groups is 1. The number of carbonyl (C=O) groups excluding carboxylic acids is 2. The molecule has 1 aliphatic rings. The van der Waals surface area contributed by atoms with Gasteiger partial charge < -0.3 is 24.3 Å². The van der Waals surface area contributed by atoms with E-state index in [-0.39, 0.29) is 23.1 Å². The Hall–Kier alpha value is -3.68. The van der Waals surface area contributed by atoms with Crippen molar-refractivity contribution in [3.63, 3.8) is 0 Å². The van der Waals surface area contributed by atoms with Gasteiger partial charge in [-0.15, -0.1) is 0 Å². The lowest BCUT2D eigenvalue weighted by atomic mass is 10.0. The Morgan fingerprint density at radius 1 is 0.812 bits per heavy atom. The number of anilines is 1. The zero-order valence-corrected chi connectivity index (χ0v) is 19.1. The van der Waals surface area contributed by atoms with E-state index in [0.29, 0.717) is 40.8 Å². The van der Waals surface area contributed by atoms with Crippen LogP contribution in [-0.4, -0.2) is 51.7 Å². The number of benzene rings is 2. The van der Waals surface area contributed by atoms with Crippen LogP contribution in [0.25, 0.3) is 5.57 Å². The summed E-state index contributed by atoms with van der Waals surface area (Å²) in [6, 6.07) is 10.3. The van der Waals surface area contributed by atoms with E-state index in [2.05, 4.69) is 5.32 Å². The molecule has 0 spiro atoms. The third-order valence-corrected chi connectivity index (χ3v) is 5.06. The number of nitrogens with zero attached hydrogens (tertiary/aromatic N) is 1. The topological polar surface area (TPSA) is 86.3 Å². The summed E-state index contributed by atoms with van der Waals surface area (Å²) in [6.07, 6.45) is 0. The van der Waals surface area contributed by atoms with Crippen molar-refractivity contribution in [2.75, 3.05) is 40.3 Å². The highest BCUT2D eigenvalue weighted by Crippen LogP contribution is 2.37. The smallest absolute Gasteiger partial charge is 0.278 e. The predicted molar refractivity (Wildman–Crippen MR) is 121 cm³/mol. The molecule has 1 N–H and O–H groups in total. The highest BCUT2D eigenvalue weighted by atomic mass is 16.5. The third-order valence-electron chi connectivity index (χ3n) is 5.06. The average Bonchev–Trinajstić information content (AvgIpc) is 3.02. The minimum absolute atomic E-state index is 0.115. The number of hydrogen-bond donors (Lipinski definition) is 1. The van der Waals surface area contributed by atoms with Crippen LogP contribution in [0.3, 0.4) is 0 Å². The average molecular weight is 440 g/mol. The Bertz CT molecular complexity index is 1060. The number of amides is 2. The minimum atomic E-state index is -0.397. The molecule has 0 saturated heterocycles. The van der Waals surface area contributed by atoms with E-state index < -0.39 is 5.91 Å². The van der Waals surface area contributed by atoms with Gasteiger partial charge in [0.25, 0.3) is 11.8 Å². The summed E-state index contributed by atoms with van der Waals surface area (Å²) in [5.41, 5.74) is 1.51. The Balaban J connectivity index is 2.13. The van der Waals surface area contributed by atoms with E-state index in [1.165, 1.54) is 26.2 Å². The van der Waals surface area contributed by atoms with Crippen LogP contribution >= 0.6 is 0 Å². The molecule has 0 saturated carbocycles. The molecular formula is C24H28N2O6. The summed E-state index contributed by atoms with van der Waals surface area (Å²) in [6.45, 7) is 4.21. The molecular weight excluding hydrogens is 412 g/mol. The maximum Gasteiger partial charge on any atom is 0.278 e. The molecule has 0 bridgehead atoms. The van der Waals surface area contributed by atoms with Gasteiger partial charge in [-0.05, 0) is 35.7 Å². The zero-order valence-electron chi connectivity index (χ0n) is 19.1. The summed E-state index contributed by atoms with van der Waals surface area (Å²) in [5, 5.41) is 3.12. The molecule has 0 radical (unpaired) electrons. The van der Waals surface area contributed by atoms with E-state index >= 15 is 0 Å². The van der Waals surface area contributed by atoms with Gasteiger partial charge in [0.15, 0.2) is 11.5 Å². The summed E-state index contributed by atoms with van der Waals surface area (Å²) < 4.78 is 21.4. The molecule has 2 amide bonds. The van der Waals surface area contributed by atoms with E-state index in [1.54, 1.807) is 43.5 Å². The van der Waals surface area contributed by atoms with Gasteiger partial charge in [0.05, 0.1) is 39.7 Å². The number of methoxy groups -OCH3 is 4. The molecule has 32 heavy (non-hydrogen) atoms. The van der Waals surface area contributed by atoms with Crippen molar-refractivity contribution < 1.29 is 28.5 Å². The molecule has 2 aromatic carbocycles. The normalized spacial score (nSPS) is 13.7. The number of hydrogen-bond acceptors (Lipinski definition) is 7. The fourth-order valence-electron chi connectivity index (χ4n) is 3.52. The molecule has 3 rings (SSSR count). The molecule has 2 aromatic rings. The summed E-state index contributed by atoms with van der Waals surface area (Å²) >= 11 is 0. The molecule has 0 atom stereocenters. The third kappa shape index (κ3) is 4.34. The highest BCUT2D eigenvalue weighted by molar-refractivity contribution is 6.36. The first-order valence-electron chi connectivity index (χ1n) is 10.2. The standard InChI is InChI=1S/C24H28N2O6/c1-14(2)13-26-23(27)21(15-7-10-18(30-4)20(11-15)32-6)22(24(26)28)25-17-9-8-16(29-3)12-19(17)31-5/h7-12,14,25H,13H2,1-6H3. The van der Waals surface area contributed by atoms with Crippen LogP contribution in [-0.2, 0) is 9.59 Å². The van der Waals surface area contributed by atoms with Crippen molar-refractivity contribution in [1.82, 2.24) is 4.90 Å². The second kappa shape index (κ2) is 9.64. The van der Waals surface area contributed by atoms with Gasteiger partial charge in [0, 0.05) is 12.6 Å². The number of rotatable bonds is 9. The molecule has 1 aliphatic heterocycles. The largest absolute Gasteiger partial charge is 0.497 e. The van der Waals surface area contributed by atoms with Gasteiger partial charge in [-0.1, -0.05) is 19.9 Å². The monoisotopic (exact) mass is 440 g/mol. The van der Waals surface area contributed by atoms with Crippen molar-refractivity contribution in [1.29, 1.82) is 0 Å². The molecule has 0 aliphatic carbocycles. The van der Waals surface area contributed by atoms with Gasteiger partial charge in [0.1, 0.15) is 17.2 Å². The van der Waals surface area contributed by atoms with Crippen molar-refractivity contribution in [2.24, 2.45) is 5.92 Å². The Morgan fingerprint density at radius 3 is 2.09 bits per heavy atom. The van der Waals surface area contributed by atoms with Crippen LogP contribution in [0, 0.1) is 5.92 Å². The SMILES string of the molecule is COc1ccc(NC2=C(c3ccc(OC)c(OC)c3)C(=O)N(CC(C)C)C2=O)c(OC)c1. The lowest BCUT2D eigenvalue weighted by Crippen LogP contribution is -2.35. The molecule has 170 valence electrons. The first-order valence-corrected chi connectivity index (χ1v) is 10.2. The van der Waals surface area contributed by atoms with Crippen LogP contribution in [0.15, 0.2) is 42.1 Å². The Labute approximate surface area is 187 Å². The van der Waals surface area contributed by atoms with Crippen molar-refractivity contribution in [3.8, 4) is 23.0 Å². The van der Waals surface area contributed by atoms with Gasteiger partial charge in [-0.25, -0.2) is 0 Å². The van der Waals surface area contributed by atoms with E-state index in [1.807, 2.05) is 13.8 Å². The molecule has 0 unspecified atom stereocenters. The number of carbonyl (C=O) groups is 2. The molecule has 0 aromatic heterocycles. The summed E-state index contributed by atoms with van der Waals surface area (Å²) in [7, 11) is 6.14. The van der Waals surface area contributed by atoms with Crippen LogP contribution in [0.5, 0.6) is 23.0 Å². The van der Waals surface area contributed by atoms with Gasteiger partial charge in [0.2, 0.25) is 0 Å². The second-order valence-electron chi connectivity index (χ2n) is 7.63. The Morgan fingerprint density at radius 2 is 1.50 bits per heavy atom. The first-order chi connectivity index (χ1) is 15.3. The van der Waals surface area contributed by atoms with Crippen LogP contribution in [0.2, 0.25) is 0 Å². The molecule has 8 nitrogen and oxygen atoms in total. The quantitative estimate of drug-likeness (QED) is 0.597. The molecule has 8 heteroatoms. The van der Waals surface area contributed by atoms with Crippen LogP contribution < -0.4 is 24.3 Å². The molecule has 0 fully saturated rings. The van der Waals surface area contributed by atoms with Crippen molar-refractivity contribution in [2.45, 2.75) is 13.8 Å². The van der Waals surface area contributed by atoms with Crippen molar-refractivity contribution >= 4 is 23.1 Å². The van der Waals surface area contributed by atoms with E-state index in [0.717, 1.165) is 0 Å². The summed E-state index contributed by atoms with van der Waals surface area (Å²) in [4.78, 5) is 27.9. The highest BCUT2D eigenvalue weighted by Gasteiger charge is 2.40. The number of nitrogens with one attached hydrogen (secondary N) is 1. The van der Waals surface area contributed by atoms with Gasteiger partial charge >= 0.3 is 0 Å².